The Morgan fingerprint density at radius 1 is 1.62 bits per heavy atom. The van der Waals surface area contributed by atoms with E-state index in [1.807, 2.05) is 13.8 Å². The molecule has 3 heteroatoms. The summed E-state index contributed by atoms with van der Waals surface area (Å²) in [4.78, 5) is 9.92. The van der Waals surface area contributed by atoms with Crippen molar-refractivity contribution >= 4 is 5.91 Å². The average molecular weight is 286 g/mol. The molecule has 0 atom stereocenters. The Labute approximate surface area is 63.5 Å². The Balaban J connectivity index is 0. The predicted molar refractivity (Wildman–Crippen MR) is 28.8 cm³/mol. The second-order valence-electron chi connectivity index (χ2n) is 2.02. The third-order valence-corrected chi connectivity index (χ3v) is 0.594. The fourth-order valence-corrected chi connectivity index (χ4v) is 0.371. The van der Waals surface area contributed by atoms with Gasteiger partial charge in [0.15, 0.2) is 0 Å². The largest absolute Gasteiger partial charge is 0.668 e. The zero-order valence-corrected chi connectivity index (χ0v) is 7.79. The van der Waals surface area contributed by atoms with Gasteiger partial charge in [0.25, 0.3) is 0 Å². The zero-order chi connectivity index (χ0) is 5.86. The van der Waals surface area contributed by atoms with Crippen LogP contribution in [0.15, 0.2) is 0 Å². The van der Waals surface area contributed by atoms with E-state index in [-0.39, 0.29) is 20.4 Å². The molecule has 0 aromatic carbocycles. The number of carbonyl (C=O) groups is 1. The molecule has 0 spiro atoms. The maximum atomic E-state index is 9.92. The first-order chi connectivity index (χ1) is 3.13. The van der Waals surface area contributed by atoms with Crippen molar-refractivity contribution in [2.75, 3.05) is 0 Å². The molecule has 0 aliphatic heterocycles. The Bertz CT molecular complexity index is 72.8. The first-order valence-electron chi connectivity index (χ1n) is 2.37. The van der Waals surface area contributed by atoms with Gasteiger partial charge >= 0.3 is 0 Å². The van der Waals surface area contributed by atoms with Crippen LogP contribution in [0.1, 0.15) is 20.3 Å². The van der Waals surface area contributed by atoms with E-state index >= 15 is 0 Å². The van der Waals surface area contributed by atoms with E-state index < -0.39 is 5.91 Å². The minimum absolute atomic E-state index is 0. The smallest absolute Gasteiger partial charge is 0.0490 e. The number of nitrogens with one attached hydrogen (secondary N) is 1. The van der Waals surface area contributed by atoms with Gasteiger partial charge in [-0.1, -0.05) is 13.8 Å². The Kier molecular flexibility index (Phi) is 7.25. The summed E-state index contributed by atoms with van der Waals surface area (Å²) >= 11 is 0. The molecule has 0 aromatic rings. The third-order valence-electron chi connectivity index (χ3n) is 0.594. The molecule has 2 nitrogen and oxygen atoms in total. The molecule has 1 amide bonds. The van der Waals surface area contributed by atoms with Crippen molar-refractivity contribution in [3.05, 3.63) is 5.73 Å². The molecule has 0 aromatic heterocycles. The second kappa shape index (κ2) is 5.27. The molecule has 0 saturated heterocycles. The van der Waals surface area contributed by atoms with Crippen LogP contribution in [0.5, 0.6) is 0 Å². The van der Waals surface area contributed by atoms with Crippen molar-refractivity contribution in [2.24, 2.45) is 5.92 Å². The van der Waals surface area contributed by atoms with E-state index in [0.29, 0.717) is 12.3 Å². The number of hydrogen-bond donors (Lipinski definition) is 0. The molecule has 0 fully saturated rings. The second-order valence-corrected chi connectivity index (χ2v) is 2.02. The molecule has 0 unspecified atom stereocenters. The summed E-state index contributed by atoms with van der Waals surface area (Å²) in [5.41, 5.74) is 6.47. The van der Waals surface area contributed by atoms with Crippen LogP contribution in [-0.2, 0) is 25.2 Å². The van der Waals surface area contributed by atoms with Gasteiger partial charge in [-0.15, -0.1) is 0 Å². The summed E-state index contributed by atoms with van der Waals surface area (Å²) < 4.78 is 0. The summed E-state index contributed by atoms with van der Waals surface area (Å²) in [7, 11) is 0. The van der Waals surface area contributed by atoms with Crippen LogP contribution in [0, 0.1) is 5.92 Å². The maximum Gasteiger partial charge on any atom is 0.0490 e. The van der Waals surface area contributed by atoms with Gasteiger partial charge in [0.2, 0.25) is 0 Å². The van der Waals surface area contributed by atoms with Gasteiger partial charge in [-0.3, -0.25) is 0 Å². The Morgan fingerprint density at radius 2 is 2.00 bits per heavy atom. The fraction of sp³-hybridized carbons (Fsp3) is 0.800. The number of amides is 1. The van der Waals surface area contributed by atoms with Crippen LogP contribution < -0.4 is 0 Å². The van der Waals surface area contributed by atoms with Crippen LogP contribution >= 0.6 is 0 Å². The van der Waals surface area contributed by atoms with E-state index in [2.05, 4.69) is 0 Å². The summed E-state index contributed by atoms with van der Waals surface area (Å²) in [6.07, 6.45) is 0.389. The first kappa shape index (κ1) is 11.0. The van der Waals surface area contributed by atoms with Crippen LogP contribution in [0.2, 0.25) is 0 Å². The van der Waals surface area contributed by atoms with Crippen molar-refractivity contribution in [3.63, 3.8) is 0 Å². The minimum atomic E-state index is -0.463. The molecule has 0 aliphatic carbocycles. The Hall–Kier alpha value is 0.132. The minimum Gasteiger partial charge on any atom is -0.668 e. The van der Waals surface area contributed by atoms with E-state index in [0.717, 1.165) is 0 Å². The first-order valence-corrected chi connectivity index (χ1v) is 2.37. The molecule has 1 N–H and O–H groups in total. The standard InChI is InChI=1S/C5H11NO.Re/c1-4(2)3-5(6)7;/h4H,3H2,1-2H3,(H2,6,7);/p-1. The van der Waals surface area contributed by atoms with E-state index in [9.17, 15) is 4.79 Å². The van der Waals surface area contributed by atoms with Gasteiger partial charge in [-0.2, -0.15) is 0 Å². The van der Waals surface area contributed by atoms with Crippen LogP contribution in [0.4, 0.5) is 0 Å². The van der Waals surface area contributed by atoms with E-state index in [4.69, 9.17) is 5.73 Å². The molecule has 0 saturated carbocycles. The third kappa shape index (κ3) is 9.46. The molecule has 0 aliphatic rings. The molecule has 0 heterocycles. The van der Waals surface area contributed by atoms with E-state index in [1.165, 1.54) is 0 Å². The summed E-state index contributed by atoms with van der Waals surface area (Å²) in [6, 6.07) is 0. The van der Waals surface area contributed by atoms with Gasteiger partial charge in [0.1, 0.15) is 0 Å². The summed E-state index contributed by atoms with van der Waals surface area (Å²) in [5.74, 6) is -0.125. The van der Waals surface area contributed by atoms with Crippen LogP contribution in [-0.4, -0.2) is 5.91 Å². The van der Waals surface area contributed by atoms with Crippen LogP contribution in [0.25, 0.3) is 5.73 Å². The fourth-order valence-electron chi connectivity index (χ4n) is 0.371. The summed E-state index contributed by atoms with van der Waals surface area (Å²) in [5, 5.41) is 0. The molecular formula is C5H10NORe-. The van der Waals surface area contributed by atoms with Gasteiger partial charge in [-0.25, -0.2) is 0 Å². The van der Waals surface area contributed by atoms with Crippen molar-refractivity contribution in [2.45, 2.75) is 20.3 Å². The van der Waals surface area contributed by atoms with Crippen molar-refractivity contribution in [1.82, 2.24) is 0 Å². The predicted octanol–water partition coefficient (Wildman–Crippen LogP) is 1.61. The number of hydrogen-bond acceptors (Lipinski definition) is 1. The average Bonchev–Trinajstić information content (AvgIpc) is 1.27. The SMILES string of the molecule is CC(C)CC([NH-])=O.[Re]. The van der Waals surface area contributed by atoms with Crippen molar-refractivity contribution < 1.29 is 25.2 Å². The monoisotopic (exact) mass is 287 g/mol. The molecule has 49 valence electrons. The summed E-state index contributed by atoms with van der Waals surface area (Å²) in [6.45, 7) is 3.85. The number of carbonyl (C=O) groups excluding carboxylic acids is 1. The van der Waals surface area contributed by atoms with Gasteiger partial charge in [-0.05, 0) is 12.3 Å². The zero-order valence-electron chi connectivity index (χ0n) is 5.07. The normalized spacial score (nSPS) is 8.38. The van der Waals surface area contributed by atoms with Crippen molar-refractivity contribution in [1.29, 1.82) is 0 Å². The van der Waals surface area contributed by atoms with Gasteiger partial charge in [0.05, 0.1) is 0 Å². The topological polar surface area (TPSA) is 40.9 Å². The van der Waals surface area contributed by atoms with Gasteiger partial charge in [0, 0.05) is 26.3 Å². The Morgan fingerprint density at radius 3 is 2.00 bits per heavy atom. The van der Waals surface area contributed by atoms with Crippen LogP contribution in [0.3, 0.4) is 0 Å². The van der Waals surface area contributed by atoms with Gasteiger partial charge < -0.3 is 10.5 Å². The van der Waals surface area contributed by atoms with Crippen molar-refractivity contribution in [3.8, 4) is 0 Å². The molecule has 0 bridgehead atoms. The maximum absolute atomic E-state index is 9.92. The molecular weight excluding hydrogens is 276 g/mol. The molecule has 0 rings (SSSR count). The molecule has 8 heavy (non-hydrogen) atoms. The quantitative estimate of drug-likeness (QED) is 0.760. The number of rotatable bonds is 2. The van der Waals surface area contributed by atoms with E-state index in [1.54, 1.807) is 0 Å². The molecule has 1 radical (unpaired) electrons.